The molecule has 1 N–H and O–H groups in total. The van der Waals surface area contributed by atoms with E-state index in [9.17, 15) is 4.79 Å². The summed E-state index contributed by atoms with van der Waals surface area (Å²) >= 11 is 0. The molecule has 0 aliphatic rings. The molecule has 0 aliphatic carbocycles. The number of fused-ring (bicyclic) bond motifs is 1. The van der Waals surface area contributed by atoms with Gasteiger partial charge in [-0.25, -0.2) is 10.1 Å². The molecule has 6 heteroatoms. The standard InChI is InChI=1S/C19H16N4O2/c1-12-17(13(2)21-22-18(12)24)14-5-7-15(8-6-14)25-19-16-4-3-10-23(16)11-9-20-19/h3-11H,1-2H3,(H,22,24). The van der Waals surface area contributed by atoms with Gasteiger partial charge < -0.3 is 9.14 Å². The number of benzene rings is 1. The van der Waals surface area contributed by atoms with Crippen molar-refractivity contribution in [1.82, 2.24) is 19.6 Å². The van der Waals surface area contributed by atoms with Crippen molar-refractivity contribution in [3.63, 3.8) is 0 Å². The van der Waals surface area contributed by atoms with Crippen LogP contribution in [0.2, 0.25) is 0 Å². The molecular weight excluding hydrogens is 316 g/mol. The van der Waals surface area contributed by atoms with E-state index in [1.807, 2.05) is 60.1 Å². The molecule has 0 saturated carbocycles. The molecule has 1 aromatic carbocycles. The van der Waals surface area contributed by atoms with Gasteiger partial charge in [-0.1, -0.05) is 12.1 Å². The molecule has 4 rings (SSSR count). The highest BCUT2D eigenvalue weighted by molar-refractivity contribution is 5.69. The van der Waals surface area contributed by atoms with Gasteiger partial charge in [0.25, 0.3) is 5.56 Å². The molecule has 124 valence electrons. The van der Waals surface area contributed by atoms with Gasteiger partial charge >= 0.3 is 0 Å². The first kappa shape index (κ1) is 15.1. The Labute approximate surface area is 143 Å². The van der Waals surface area contributed by atoms with Crippen molar-refractivity contribution < 1.29 is 4.74 Å². The number of H-pyrrole nitrogens is 1. The molecule has 0 saturated heterocycles. The van der Waals surface area contributed by atoms with Crippen LogP contribution < -0.4 is 10.3 Å². The van der Waals surface area contributed by atoms with Gasteiger partial charge in [-0.3, -0.25) is 4.79 Å². The van der Waals surface area contributed by atoms with Crippen molar-refractivity contribution in [2.24, 2.45) is 0 Å². The van der Waals surface area contributed by atoms with Crippen molar-refractivity contribution in [3.05, 3.63) is 76.6 Å². The van der Waals surface area contributed by atoms with Crippen LogP contribution in [0.5, 0.6) is 11.6 Å². The molecule has 6 nitrogen and oxygen atoms in total. The van der Waals surface area contributed by atoms with E-state index in [2.05, 4.69) is 15.2 Å². The van der Waals surface area contributed by atoms with Crippen LogP contribution in [-0.2, 0) is 0 Å². The lowest BCUT2D eigenvalue weighted by Gasteiger charge is -2.10. The lowest BCUT2D eigenvalue weighted by Crippen LogP contribution is -2.14. The third kappa shape index (κ3) is 2.67. The smallest absolute Gasteiger partial charge is 0.267 e. The molecular formula is C19H16N4O2. The topological polar surface area (TPSA) is 72.3 Å². The Bertz CT molecular complexity index is 1110. The van der Waals surface area contributed by atoms with Gasteiger partial charge in [0.15, 0.2) is 0 Å². The van der Waals surface area contributed by atoms with Crippen LogP contribution in [0.3, 0.4) is 0 Å². The Morgan fingerprint density at radius 3 is 2.68 bits per heavy atom. The van der Waals surface area contributed by atoms with Crippen LogP contribution in [0, 0.1) is 13.8 Å². The van der Waals surface area contributed by atoms with Gasteiger partial charge in [0.1, 0.15) is 11.3 Å². The summed E-state index contributed by atoms with van der Waals surface area (Å²) in [6.45, 7) is 3.67. The van der Waals surface area contributed by atoms with Crippen LogP contribution >= 0.6 is 0 Å². The van der Waals surface area contributed by atoms with E-state index in [4.69, 9.17) is 4.74 Å². The molecule has 0 atom stereocenters. The minimum absolute atomic E-state index is 0.176. The highest BCUT2D eigenvalue weighted by atomic mass is 16.5. The summed E-state index contributed by atoms with van der Waals surface area (Å²) in [5.41, 5.74) is 3.94. The first-order valence-electron chi connectivity index (χ1n) is 7.89. The fourth-order valence-electron chi connectivity index (χ4n) is 2.91. The normalized spacial score (nSPS) is 11.0. The predicted octanol–water partition coefficient (Wildman–Crippen LogP) is 3.49. The fraction of sp³-hybridized carbons (Fsp3) is 0.105. The van der Waals surface area contributed by atoms with Gasteiger partial charge in [0, 0.05) is 29.7 Å². The zero-order valence-corrected chi connectivity index (χ0v) is 13.9. The predicted molar refractivity (Wildman–Crippen MR) is 95.0 cm³/mol. The summed E-state index contributed by atoms with van der Waals surface area (Å²) in [7, 11) is 0. The van der Waals surface area contributed by atoms with E-state index in [0.29, 0.717) is 17.2 Å². The minimum Gasteiger partial charge on any atom is -0.437 e. The molecule has 0 bridgehead atoms. The first-order chi connectivity index (χ1) is 12.1. The summed E-state index contributed by atoms with van der Waals surface area (Å²) in [5.74, 6) is 1.23. The molecule has 25 heavy (non-hydrogen) atoms. The molecule has 0 amide bonds. The monoisotopic (exact) mass is 332 g/mol. The molecule has 0 unspecified atom stereocenters. The number of aromatic nitrogens is 4. The molecule has 4 aromatic rings. The molecule has 0 fully saturated rings. The van der Waals surface area contributed by atoms with Crippen LogP contribution in [-0.4, -0.2) is 19.6 Å². The Morgan fingerprint density at radius 2 is 1.88 bits per heavy atom. The number of nitrogens with zero attached hydrogens (tertiary/aromatic N) is 3. The molecule has 0 aliphatic heterocycles. The Hall–Kier alpha value is -3.41. The summed E-state index contributed by atoms with van der Waals surface area (Å²) in [6, 6.07) is 11.5. The summed E-state index contributed by atoms with van der Waals surface area (Å²) in [5, 5.41) is 6.55. The lowest BCUT2D eigenvalue weighted by atomic mass is 10.0. The number of rotatable bonds is 3. The second-order valence-electron chi connectivity index (χ2n) is 5.80. The van der Waals surface area contributed by atoms with Gasteiger partial charge in [-0.15, -0.1) is 0 Å². The second kappa shape index (κ2) is 5.90. The lowest BCUT2D eigenvalue weighted by molar-refractivity contribution is 0.466. The van der Waals surface area contributed by atoms with E-state index in [1.165, 1.54) is 0 Å². The number of aryl methyl sites for hydroxylation is 1. The van der Waals surface area contributed by atoms with Crippen molar-refractivity contribution >= 4 is 5.52 Å². The summed E-state index contributed by atoms with van der Waals surface area (Å²) in [6.07, 6.45) is 5.51. The van der Waals surface area contributed by atoms with Gasteiger partial charge in [0.05, 0.1) is 5.69 Å². The number of nitrogens with one attached hydrogen (secondary N) is 1. The zero-order chi connectivity index (χ0) is 17.4. The Morgan fingerprint density at radius 1 is 1.08 bits per heavy atom. The SMILES string of the molecule is Cc1n[nH]c(=O)c(C)c1-c1ccc(Oc2nccn3cccc23)cc1. The van der Waals surface area contributed by atoms with Crippen LogP contribution in [0.1, 0.15) is 11.3 Å². The van der Waals surface area contributed by atoms with Crippen molar-refractivity contribution in [3.8, 4) is 22.8 Å². The van der Waals surface area contributed by atoms with E-state index < -0.39 is 0 Å². The number of hydrogen-bond donors (Lipinski definition) is 1. The largest absolute Gasteiger partial charge is 0.437 e. The Balaban J connectivity index is 1.68. The van der Waals surface area contributed by atoms with E-state index in [-0.39, 0.29) is 5.56 Å². The van der Waals surface area contributed by atoms with Gasteiger partial charge in [-0.2, -0.15) is 5.10 Å². The average molecular weight is 332 g/mol. The number of hydrogen-bond acceptors (Lipinski definition) is 4. The molecule has 0 radical (unpaired) electrons. The second-order valence-corrected chi connectivity index (χ2v) is 5.80. The van der Waals surface area contributed by atoms with Gasteiger partial charge in [-0.05, 0) is 43.7 Å². The Kier molecular flexibility index (Phi) is 3.57. The van der Waals surface area contributed by atoms with Crippen molar-refractivity contribution in [2.75, 3.05) is 0 Å². The summed E-state index contributed by atoms with van der Waals surface area (Å²) in [4.78, 5) is 16.1. The highest BCUT2D eigenvalue weighted by Crippen LogP contribution is 2.28. The highest BCUT2D eigenvalue weighted by Gasteiger charge is 2.11. The minimum atomic E-state index is -0.176. The van der Waals surface area contributed by atoms with Gasteiger partial charge in [0.2, 0.25) is 5.88 Å². The molecule has 3 heterocycles. The maximum Gasteiger partial charge on any atom is 0.267 e. The summed E-state index contributed by atoms with van der Waals surface area (Å²) < 4.78 is 7.86. The molecule has 3 aromatic heterocycles. The zero-order valence-electron chi connectivity index (χ0n) is 13.9. The first-order valence-corrected chi connectivity index (χ1v) is 7.89. The molecule has 0 spiro atoms. The van der Waals surface area contributed by atoms with E-state index in [1.54, 1.807) is 13.1 Å². The third-order valence-corrected chi connectivity index (χ3v) is 4.18. The number of aromatic amines is 1. The van der Waals surface area contributed by atoms with Crippen LogP contribution in [0.25, 0.3) is 16.6 Å². The third-order valence-electron chi connectivity index (χ3n) is 4.18. The average Bonchev–Trinajstić information content (AvgIpc) is 3.10. The van der Waals surface area contributed by atoms with Crippen LogP contribution in [0.4, 0.5) is 0 Å². The quantitative estimate of drug-likeness (QED) is 0.623. The number of ether oxygens (including phenoxy) is 1. The van der Waals surface area contributed by atoms with E-state index in [0.717, 1.165) is 22.3 Å². The maximum atomic E-state index is 11.8. The van der Waals surface area contributed by atoms with Crippen molar-refractivity contribution in [1.29, 1.82) is 0 Å². The van der Waals surface area contributed by atoms with Crippen LogP contribution in [0.15, 0.2) is 59.8 Å². The maximum absolute atomic E-state index is 11.8. The van der Waals surface area contributed by atoms with E-state index >= 15 is 0 Å². The fourth-order valence-corrected chi connectivity index (χ4v) is 2.91. The van der Waals surface area contributed by atoms with Crippen molar-refractivity contribution in [2.45, 2.75) is 13.8 Å².